The van der Waals surface area contributed by atoms with Gasteiger partial charge in [0.15, 0.2) is 5.96 Å². The van der Waals surface area contributed by atoms with Crippen molar-refractivity contribution in [3.8, 4) is 0 Å². The number of esters is 1. The van der Waals surface area contributed by atoms with Gasteiger partial charge in [-0.05, 0) is 25.2 Å². The van der Waals surface area contributed by atoms with Crippen molar-refractivity contribution in [3.63, 3.8) is 0 Å². The van der Waals surface area contributed by atoms with E-state index in [1.807, 2.05) is 0 Å². The maximum Gasteiger partial charge on any atom is 0.307 e. The molecule has 2 unspecified atom stereocenters. The quantitative estimate of drug-likeness (QED) is 0.342. The van der Waals surface area contributed by atoms with Crippen molar-refractivity contribution in [1.29, 1.82) is 0 Å². The maximum atomic E-state index is 11.1. The molecule has 0 bridgehead atoms. The number of likely N-dealkylation sites (tertiary alicyclic amines) is 1. The summed E-state index contributed by atoms with van der Waals surface area (Å²) in [6.07, 6.45) is 1.61. The number of nitrogens with zero attached hydrogens (tertiary/aromatic N) is 2. The third-order valence-electron chi connectivity index (χ3n) is 3.31. The van der Waals surface area contributed by atoms with E-state index in [1.165, 1.54) is 13.5 Å². The molecule has 6 heteroatoms. The lowest BCUT2D eigenvalue weighted by molar-refractivity contribution is -0.140. The minimum Gasteiger partial charge on any atom is -0.469 e. The first-order valence-corrected chi connectivity index (χ1v) is 7.16. The Labute approximate surface area is 139 Å². The largest absolute Gasteiger partial charge is 0.469 e. The zero-order chi connectivity index (χ0) is 14.3. The highest BCUT2D eigenvalue weighted by Crippen LogP contribution is 2.20. The molecule has 0 spiro atoms. The maximum absolute atomic E-state index is 11.1. The summed E-state index contributed by atoms with van der Waals surface area (Å²) >= 11 is 0. The fraction of sp³-hybridized carbons (Fsp3) is 0.857. The summed E-state index contributed by atoms with van der Waals surface area (Å²) < 4.78 is 4.63. The van der Waals surface area contributed by atoms with E-state index in [0.29, 0.717) is 24.8 Å². The Morgan fingerprint density at radius 2 is 1.95 bits per heavy atom. The van der Waals surface area contributed by atoms with Gasteiger partial charge in [0.25, 0.3) is 0 Å². The normalized spacial score (nSPS) is 23.0. The number of rotatable bonds is 4. The Balaban J connectivity index is 0.00000361. The number of nitrogens with one attached hydrogen (secondary N) is 1. The first kappa shape index (κ1) is 19.5. The Morgan fingerprint density at radius 1 is 1.35 bits per heavy atom. The second-order valence-electron chi connectivity index (χ2n) is 5.41. The predicted molar refractivity (Wildman–Crippen MR) is 92.5 cm³/mol. The number of hydrogen-bond acceptors (Lipinski definition) is 3. The molecule has 0 aromatic carbocycles. The summed E-state index contributed by atoms with van der Waals surface area (Å²) in [6.45, 7) is 10.0. The van der Waals surface area contributed by atoms with Gasteiger partial charge in [0.1, 0.15) is 0 Å². The van der Waals surface area contributed by atoms with Crippen LogP contribution in [0.1, 0.15) is 33.6 Å². The molecule has 0 aliphatic carbocycles. The lowest BCUT2D eigenvalue weighted by Gasteiger charge is -2.37. The van der Waals surface area contributed by atoms with Crippen molar-refractivity contribution in [1.82, 2.24) is 10.2 Å². The average molecular weight is 397 g/mol. The molecule has 118 valence electrons. The van der Waals surface area contributed by atoms with E-state index in [-0.39, 0.29) is 29.9 Å². The summed E-state index contributed by atoms with van der Waals surface area (Å²) in [6, 6.07) is 0. The molecule has 1 heterocycles. The van der Waals surface area contributed by atoms with Crippen LogP contribution in [0.3, 0.4) is 0 Å². The number of hydrogen-bond donors (Lipinski definition) is 1. The molecule has 0 saturated carbocycles. The summed E-state index contributed by atoms with van der Waals surface area (Å²) in [4.78, 5) is 17.9. The number of piperidine rings is 1. The third-order valence-corrected chi connectivity index (χ3v) is 3.31. The van der Waals surface area contributed by atoms with E-state index in [2.05, 4.69) is 40.7 Å². The smallest absolute Gasteiger partial charge is 0.307 e. The average Bonchev–Trinajstić information content (AvgIpc) is 2.36. The second-order valence-corrected chi connectivity index (χ2v) is 5.41. The van der Waals surface area contributed by atoms with Crippen molar-refractivity contribution in [2.45, 2.75) is 33.6 Å². The first-order valence-electron chi connectivity index (χ1n) is 7.16. The van der Waals surface area contributed by atoms with Gasteiger partial charge in [0.2, 0.25) is 0 Å². The van der Waals surface area contributed by atoms with Crippen molar-refractivity contribution < 1.29 is 9.53 Å². The fourth-order valence-electron chi connectivity index (χ4n) is 2.62. The Kier molecular flexibility index (Phi) is 9.96. The zero-order valence-corrected chi connectivity index (χ0v) is 15.3. The first-order chi connectivity index (χ1) is 9.06. The number of guanidine groups is 1. The van der Waals surface area contributed by atoms with Crippen LogP contribution < -0.4 is 5.32 Å². The third kappa shape index (κ3) is 6.76. The van der Waals surface area contributed by atoms with Crippen molar-refractivity contribution >= 4 is 35.9 Å². The molecule has 0 aromatic rings. The summed E-state index contributed by atoms with van der Waals surface area (Å²) in [5.41, 5.74) is 0. The lowest BCUT2D eigenvalue weighted by atomic mass is 9.92. The van der Waals surface area contributed by atoms with Crippen LogP contribution in [0.2, 0.25) is 0 Å². The van der Waals surface area contributed by atoms with E-state index in [1.54, 1.807) is 0 Å². The van der Waals surface area contributed by atoms with Gasteiger partial charge in [0, 0.05) is 19.6 Å². The topological polar surface area (TPSA) is 53.9 Å². The number of halogens is 1. The van der Waals surface area contributed by atoms with Crippen LogP contribution >= 0.6 is 24.0 Å². The number of carbonyl (C=O) groups excluding carboxylic acids is 1. The van der Waals surface area contributed by atoms with Gasteiger partial charge in [-0.25, -0.2) is 0 Å². The van der Waals surface area contributed by atoms with E-state index >= 15 is 0 Å². The van der Waals surface area contributed by atoms with Gasteiger partial charge in [-0.2, -0.15) is 0 Å². The van der Waals surface area contributed by atoms with E-state index in [4.69, 9.17) is 0 Å². The van der Waals surface area contributed by atoms with Crippen molar-refractivity contribution in [2.75, 3.05) is 33.3 Å². The molecule has 1 rings (SSSR count). The highest BCUT2D eigenvalue weighted by molar-refractivity contribution is 14.0. The molecule has 1 aliphatic rings. The number of carbonyl (C=O) groups is 1. The van der Waals surface area contributed by atoms with E-state index in [0.717, 1.165) is 25.6 Å². The van der Waals surface area contributed by atoms with Crippen LogP contribution in [-0.4, -0.2) is 50.1 Å². The molecule has 0 aromatic heterocycles. The van der Waals surface area contributed by atoms with Crippen LogP contribution in [0.15, 0.2) is 4.99 Å². The van der Waals surface area contributed by atoms with Crippen molar-refractivity contribution in [2.24, 2.45) is 16.8 Å². The Morgan fingerprint density at radius 3 is 2.45 bits per heavy atom. The molecule has 20 heavy (non-hydrogen) atoms. The minimum atomic E-state index is -0.208. The van der Waals surface area contributed by atoms with E-state index < -0.39 is 0 Å². The van der Waals surface area contributed by atoms with Gasteiger partial charge in [-0.15, -0.1) is 24.0 Å². The molecule has 1 saturated heterocycles. The summed E-state index contributed by atoms with van der Waals surface area (Å²) in [5.74, 6) is 2.09. The monoisotopic (exact) mass is 397 g/mol. The Bertz CT molecular complexity index is 314. The van der Waals surface area contributed by atoms with Crippen LogP contribution in [0.25, 0.3) is 0 Å². The number of methoxy groups -OCH3 is 1. The zero-order valence-electron chi connectivity index (χ0n) is 13.0. The van der Waals surface area contributed by atoms with Crippen LogP contribution in [0.4, 0.5) is 0 Å². The second kappa shape index (κ2) is 10.2. The fourth-order valence-corrected chi connectivity index (χ4v) is 2.62. The van der Waals surface area contributed by atoms with Crippen molar-refractivity contribution in [3.05, 3.63) is 0 Å². The molecule has 1 aliphatic heterocycles. The molecular weight excluding hydrogens is 369 g/mol. The highest BCUT2D eigenvalue weighted by Gasteiger charge is 2.23. The molecule has 1 fully saturated rings. The van der Waals surface area contributed by atoms with Gasteiger partial charge >= 0.3 is 5.97 Å². The number of aliphatic imine (C=N–C) groups is 1. The molecule has 0 amide bonds. The van der Waals surface area contributed by atoms with Crippen LogP contribution in [0.5, 0.6) is 0 Å². The van der Waals surface area contributed by atoms with Gasteiger partial charge in [-0.1, -0.05) is 13.8 Å². The lowest BCUT2D eigenvalue weighted by Crippen LogP contribution is -2.48. The molecule has 5 nitrogen and oxygen atoms in total. The SMILES string of the molecule is CCNC(=NCCC(=O)OC)N1CC(C)CC(C)C1.I. The predicted octanol–water partition coefficient (Wildman–Crippen LogP) is 2.11. The molecular formula is C14H28IN3O2. The van der Waals surface area contributed by atoms with E-state index in [9.17, 15) is 4.79 Å². The minimum absolute atomic E-state index is 0. The van der Waals surface area contributed by atoms with Gasteiger partial charge in [0.05, 0.1) is 20.1 Å². The molecule has 2 atom stereocenters. The van der Waals surface area contributed by atoms with Gasteiger partial charge < -0.3 is 15.0 Å². The summed E-state index contributed by atoms with van der Waals surface area (Å²) in [7, 11) is 1.41. The van der Waals surface area contributed by atoms with Crippen LogP contribution in [0, 0.1) is 11.8 Å². The number of ether oxygens (including phenoxy) is 1. The standard InChI is InChI=1S/C14H27N3O2.HI/c1-5-15-14(16-7-6-13(18)19-4)17-9-11(2)8-12(3)10-17;/h11-12H,5-10H2,1-4H3,(H,15,16);1H. The molecule has 0 radical (unpaired) electrons. The summed E-state index contributed by atoms with van der Waals surface area (Å²) in [5, 5.41) is 3.31. The van der Waals surface area contributed by atoms with Crippen LogP contribution in [-0.2, 0) is 9.53 Å². The highest BCUT2D eigenvalue weighted by atomic mass is 127. The molecule has 1 N–H and O–H groups in total. The Hall–Kier alpha value is -0.530. The van der Waals surface area contributed by atoms with Gasteiger partial charge in [-0.3, -0.25) is 9.79 Å².